The lowest BCUT2D eigenvalue weighted by molar-refractivity contribution is 0.295. The molecule has 1 unspecified atom stereocenters. The van der Waals surface area contributed by atoms with E-state index in [9.17, 15) is 4.39 Å². The van der Waals surface area contributed by atoms with Gasteiger partial charge in [-0.15, -0.1) is 0 Å². The van der Waals surface area contributed by atoms with Crippen molar-refractivity contribution in [3.63, 3.8) is 0 Å². The molecule has 0 aliphatic heterocycles. The van der Waals surface area contributed by atoms with Gasteiger partial charge >= 0.3 is 0 Å². The largest absolute Gasteiger partial charge is 0.491 e. The van der Waals surface area contributed by atoms with Crippen LogP contribution in [0.1, 0.15) is 31.4 Å². The Hall–Kier alpha value is -0.800. The number of halogens is 2. The van der Waals surface area contributed by atoms with Crippen LogP contribution in [-0.4, -0.2) is 6.61 Å². The maximum atomic E-state index is 13.2. The van der Waals surface area contributed by atoms with Crippen molar-refractivity contribution in [2.75, 3.05) is 6.61 Å². The third-order valence-electron chi connectivity index (χ3n) is 2.69. The zero-order valence-corrected chi connectivity index (χ0v) is 9.93. The van der Waals surface area contributed by atoms with Crippen LogP contribution in [0.3, 0.4) is 0 Å². The fourth-order valence-corrected chi connectivity index (χ4v) is 1.82. The van der Waals surface area contributed by atoms with Crippen LogP contribution >= 0.6 is 11.6 Å². The van der Waals surface area contributed by atoms with Gasteiger partial charge in [-0.1, -0.05) is 11.6 Å². The van der Waals surface area contributed by atoms with Crippen molar-refractivity contribution in [3.05, 3.63) is 28.5 Å². The Morgan fingerprint density at radius 2 is 2.25 bits per heavy atom. The van der Waals surface area contributed by atoms with E-state index in [0.29, 0.717) is 28.9 Å². The lowest BCUT2D eigenvalue weighted by Crippen LogP contribution is -2.10. The molecule has 16 heavy (non-hydrogen) atoms. The molecule has 0 radical (unpaired) electrons. The van der Waals surface area contributed by atoms with Crippen molar-refractivity contribution in [2.24, 2.45) is 11.7 Å². The first-order chi connectivity index (χ1) is 7.58. The minimum atomic E-state index is -0.379. The van der Waals surface area contributed by atoms with Crippen molar-refractivity contribution >= 4 is 11.6 Å². The maximum Gasteiger partial charge on any atom is 0.142 e. The first-order valence-corrected chi connectivity index (χ1v) is 5.83. The van der Waals surface area contributed by atoms with Crippen molar-refractivity contribution in [2.45, 2.75) is 25.8 Å². The standard InChI is InChI=1S/C12H15ClFNO/c1-7(15)10-4-9(14)5-11(13)12(10)16-6-8-2-3-8/h4-5,7-8H,2-3,6,15H2,1H3. The molecule has 1 saturated carbocycles. The van der Waals surface area contributed by atoms with Gasteiger partial charge in [0.25, 0.3) is 0 Å². The highest BCUT2D eigenvalue weighted by Crippen LogP contribution is 2.36. The zero-order chi connectivity index (χ0) is 11.7. The lowest BCUT2D eigenvalue weighted by atomic mass is 10.1. The van der Waals surface area contributed by atoms with Crippen LogP contribution in [0.2, 0.25) is 5.02 Å². The Kier molecular flexibility index (Phi) is 3.36. The van der Waals surface area contributed by atoms with Gasteiger partial charge in [-0.25, -0.2) is 4.39 Å². The molecule has 2 nitrogen and oxygen atoms in total. The minimum Gasteiger partial charge on any atom is -0.491 e. The summed E-state index contributed by atoms with van der Waals surface area (Å²) in [7, 11) is 0. The highest BCUT2D eigenvalue weighted by atomic mass is 35.5. The van der Waals surface area contributed by atoms with E-state index in [2.05, 4.69) is 0 Å². The minimum absolute atomic E-state index is 0.289. The lowest BCUT2D eigenvalue weighted by Gasteiger charge is -2.15. The predicted molar refractivity (Wildman–Crippen MR) is 62.2 cm³/mol. The summed E-state index contributed by atoms with van der Waals surface area (Å²) in [6.45, 7) is 2.43. The van der Waals surface area contributed by atoms with Gasteiger partial charge in [0.1, 0.15) is 11.6 Å². The normalized spacial score (nSPS) is 17.2. The molecule has 1 aromatic rings. The SMILES string of the molecule is CC(N)c1cc(F)cc(Cl)c1OCC1CC1. The summed E-state index contributed by atoms with van der Waals surface area (Å²) in [5.41, 5.74) is 6.40. The van der Waals surface area contributed by atoms with Gasteiger partial charge < -0.3 is 10.5 Å². The number of rotatable bonds is 4. The van der Waals surface area contributed by atoms with Gasteiger partial charge in [0.05, 0.1) is 11.6 Å². The van der Waals surface area contributed by atoms with Gasteiger partial charge in [-0.3, -0.25) is 0 Å². The molecule has 2 N–H and O–H groups in total. The topological polar surface area (TPSA) is 35.2 Å². The highest BCUT2D eigenvalue weighted by Gasteiger charge is 2.23. The molecule has 1 aliphatic carbocycles. The Morgan fingerprint density at radius 3 is 2.81 bits per heavy atom. The van der Waals surface area contributed by atoms with Crippen molar-refractivity contribution < 1.29 is 9.13 Å². The molecule has 1 fully saturated rings. The van der Waals surface area contributed by atoms with Crippen molar-refractivity contribution in [1.29, 1.82) is 0 Å². The van der Waals surface area contributed by atoms with Gasteiger partial charge in [0.15, 0.2) is 0 Å². The average Bonchev–Trinajstić information content (AvgIpc) is 2.98. The molecule has 0 saturated heterocycles. The molecule has 0 amide bonds. The molecule has 0 bridgehead atoms. The third kappa shape index (κ3) is 2.66. The summed E-state index contributed by atoms with van der Waals surface area (Å²) in [5, 5.41) is 0.299. The van der Waals surface area contributed by atoms with E-state index >= 15 is 0 Å². The first kappa shape index (κ1) is 11.7. The first-order valence-electron chi connectivity index (χ1n) is 5.45. The average molecular weight is 244 g/mol. The summed E-state index contributed by atoms with van der Waals surface area (Å²) in [5.74, 6) is 0.781. The Morgan fingerprint density at radius 1 is 1.56 bits per heavy atom. The number of ether oxygens (including phenoxy) is 1. The quantitative estimate of drug-likeness (QED) is 0.881. The number of benzene rings is 1. The molecular weight excluding hydrogens is 229 g/mol. The van der Waals surface area contributed by atoms with Gasteiger partial charge in [-0.2, -0.15) is 0 Å². The zero-order valence-electron chi connectivity index (χ0n) is 9.17. The third-order valence-corrected chi connectivity index (χ3v) is 2.97. The Balaban J connectivity index is 2.24. The van der Waals surface area contributed by atoms with E-state index in [0.717, 1.165) is 0 Å². The van der Waals surface area contributed by atoms with Crippen LogP contribution in [0.15, 0.2) is 12.1 Å². The van der Waals surface area contributed by atoms with E-state index in [-0.39, 0.29) is 11.9 Å². The van der Waals surface area contributed by atoms with Crippen LogP contribution in [0.5, 0.6) is 5.75 Å². The monoisotopic (exact) mass is 243 g/mol. The fraction of sp³-hybridized carbons (Fsp3) is 0.500. The van der Waals surface area contributed by atoms with E-state index in [1.54, 1.807) is 6.92 Å². The molecular formula is C12H15ClFNO. The molecule has 88 valence electrons. The molecule has 0 spiro atoms. The summed E-state index contributed by atoms with van der Waals surface area (Å²) < 4.78 is 18.8. The Labute approximate surface area is 99.5 Å². The van der Waals surface area contributed by atoms with Crippen LogP contribution in [-0.2, 0) is 0 Å². The maximum absolute atomic E-state index is 13.2. The number of nitrogens with two attached hydrogens (primary N) is 1. The summed E-state index contributed by atoms with van der Waals surface area (Å²) in [4.78, 5) is 0. The number of hydrogen-bond donors (Lipinski definition) is 1. The summed E-state index contributed by atoms with van der Waals surface area (Å²) in [6, 6.07) is 2.36. The number of hydrogen-bond acceptors (Lipinski definition) is 2. The Bertz CT molecular complexity index is 391. The second-order valence-corrected chi connectivity index (χ2v) is 4.76. The molecule has 4 heteroatoms. The molecule has 1 atom stereocenters. The van der Waals surface area contributed by atoms with Crippen LogP contribution in [0.25, 0.3) is 0 Å². The van der Waals surface area contributed by atoms with Crippen LogP contribution in [0, 0.1) is 11.7 Å². The molecule has 1 aromatic carbocycles. The highest BCUT2D eigenvalue weighted by molar-refractivity contribution is 6.32. The van der Waals surface area contributed by atoms with Gasteiger partial charge in [-0.05, 0) is 37.8 Å². The molecule has 1 aliphatic rings. The van der Waals surface area contributed by atoms with Crippen LogP contribution < -0.4 is 10.5 Å². The van der Waals surface area contributed by atoms with E-state index in [4.69, 9.17) is 22.1 Å². The summed E-state index contributed by atoms with van der Waals surface area (Å²) >= 11 is 5.96. The molecule has 2 rings (SSSR count). The van der Waals surface area contributed by atoms with E-state index < -0.39 is 0 Å². The van der Waals surface area contributed by atoms with Gasteiger partial charge in [0, 0.05) is 11.6 Å². The second kappa shape index (κ2) is 4.60. The van der Waals surface area contributed by atoms with Crippen molar-refractivity contribution in [1.82, 2.24) is 0 Å². The smallest absolute Gasteiger partial charge is 0.142 e. The fourth-order valence-electron chi connectivity index (χ4n) is 1.56. The van der Waals surface area contributed by atoms with Crippen LogP contribution in [0.4, 0.5) is 4.39 Å². The van der Waals surface area contributed by atoms with Crippen molar-refractivity contribution in [3.8, 4) is 5.75 Å². The predicted octanol–water partition coefficient (Wildman–Crippen LogP) is 3.29. The second-order valence-electron chi connectivity index (χ2n) is 4.35. The molecule has 0 aromatic heterocycles. The van der Waals surface area contributed by atoms with E-state index in [1.165, 1.54) is 25.0 Å². The van der Waals surface area contributed by atoms with E-state index in [1.807, 2.05) is 0 Å². The van der Waals surface area contributed by atoms with Gasteiger partial charge in [0.2, 0.25) is 0 Å². The molecule has 0 heterocycles. The summed E-state index contributed by atoms with van der Waals surface area (Å²) in [6.07, 6.45) is 2.40.